The molecule has 15 heteroatoms. The van der Waals surface area contributed by atoms with Gasteiger partial charge in [-0.3, -0.25) is 33.7 Å². The van der Waals surface area contributed by atoms with E-state index in [1.165, 1.54) is 17.8 Å². The standard InChI is InChI=1S/C43H56N6O8S/c1-25(2)17-32-40(54)44-22-29(50)20-28(19-27-11-8-7-9-12-27)39(53)47-33(24-58-30-14-15-31-26(3)18-37(52)57-35(31)21-30)38(42(56)48-43(4,5)6)49-16-10-13-34(49)41(55)45-23-36(51)46-32/h7-9,11-12,14-15,18,21,25,28,32-34,38H,10,13,16-17,19-20,22-24H2,1-6H3,(H,44,54)(H,45,55)(H,46,51)(H,47,53)(H,48,56)/t28-,32+,33+,34+,38-/m1/s1. The van der Waals surface area contributed by atoms with Gasteiger partial charge in [-0.2, -0.15) is 0 Å². The molecule has 0 radical (unpaired) electrons. The fraction of sp³-hybridized carbons (Fsp3) is 0.512. The zero-order valence-electron chi connectivity index (χ0n) is 34.1. The Labute approximate surface area is 343 Å². The van der Waals surface area contributed by atoms with Gasteiger partial charge in [-0.15, -0.1) is 11.8 Å². The third kappa shape index (κ3) is 12.2. The lowest BCUT2D eigenvalue weighted by molar-refractivity contribution is -0.136. The van der Waals surface area contributed by atoms with E-state index in [9.17, 15) is 33.6 Å². The molecule has 1 aromatic heterocycles. The number of nitrogens with zero attached hydrogens (tertiary/aromatic N) is 1. The number of ketones is 1. The minimum absolute atomic E-state index is 0.0265. The molecule has 312 valence electrons. The first-order valence-electron chi connectivity index (χ1n) is 19.9. The number of thioether (sulfide) groups is 1. The van der Waals surface area contributed by atoms with Crippen molar-refractivity contribution in [3.63, 3.8) is 0 Å². The Kier molecular flexibility index (Phi) is 14.9. The SMILES string of the molecule is Cc1cc(=O)oc2cc(SC[C@@H]3NC(=O)[C@H](Cc4ccccc4)CC(=O)CNC(=O)[C@H](CC(C)C)NC(=O)CNC(=O)[C@@H]4CCCN4[C@H]3C(=O)NC(C)(C)C)ccc12. The zero-order chi connectivity index (χ0) is 42.1. The van der Waals surface area contributed by atoms with Crippen molar-refractivity contribution in [1.82, 2.24) is 31.5 Å². The van der Waals surface area contributed by atoms with Crippen molar-refractivity contribution in [3.8, 4) is 0 Å². The first kappa shape index (κ1) is 44.1. The van der Waals surface area contributed by atoms with E-state index in [4.69, 9.17) is 4.42 Å². The van der Waals surface area contributed by atoms with E-state index in [0.29, 0.717) is 36.3 Å². The van der Waals surface area contributed by atoms with E-state index < -0.39 is 77.3 Å². The molecule has 2 aliphatic rings. The molecular weight excluding hydrogens is 761 g/mol. The Bertz CT molecular complexity index is 2050. The van der Waals surface area contributed by atoms with Crippen molar-refractivity contribution in [2.45, 2.75) is 108 Å². The van der Waals surface area contributed by atoms with Crippen LogP contribution in [0.5, 0.6) is 0 Å². The van der Waals surface area contributed by atoms with Crippen molar-refractivity contribution in [2.24, 2.45) is 11.8 Å². The first-order valence-corrected chi connectivity index (χ1v) is 20.9. The Balaban J connectivity index is 1.56. The van der Waals surface area contributed by atoms with Crippen molar-refractivity contribution >= 4 is 58.1 Å². The lowest BCUT2D eigenvalue weighted by Crippen LogP contribution is -2.64. The number of amides is 5. The molecule has 5 N–H and O–H groups in total. The van der Waals surface area contributed by atoms with Gasteiger partial charge in [-0.25, -0.2) is 4.79 Å². The van der Waals surface area contributed by atoms with Crippen LogP contribution in [-0.2, 0) is 35.2 Å². The molecule has 3 aromatic rings. The number of carbonyl (C=O) groups is 6. The van der Waals surface area contributed by atoms with Gasteiger partial charge >= 0.3 is 5.63 Å². The lowest BCUT2D eigenvalue weighted by atomic mass is 9.92. The molecule has 2 saturated heterocycles. The Morgan fingerprint density at radius 1 is 0.931 bits per heavy atom. The molecule has 58 heavy (non-hydrogen) atoms. The monoisotopic (exact) mass is 816 g/mol. The molecule has 0 unspecified atom stereocenters. The molecule has 0 spiro atoms. The first-order chi connectivity index (χ1) is 27.5. The average molecular weight is 817 g/mol. The normalized spacial score (nSPS) is 23.3. The summed E-state index contributed by atoms with van der Waals surface area (Å²) < 4.78 is 5.50. The fourth-order valence-corrected chi connectivity index (χ4v) is 8.54. The van der Waals surface area contributed by atoms with E-state index in [1.807, 2.05) is 84.0 Å². The Morgan fingerprint density at radius 2 is 1.66 bits per heavy atom. The molecule has 3 heterocycles. The number of Topliss-reactive ketones (excluding diaryl/α,β-unsaturated/α-hetero) is 1. The number of hydrogen-bond donors (Lipinski definition) is 5. The summed E-state index contributed by atoms with van der Waals surface area (Å²) in [5.74, 6) is -3.52. The van der Waals surface area contributed by atoms with Crippen LogP contribution < -0.4 is 32.2 Å². The molecule has 2 aliphatic heterocycles. The summed E-state index contributed by atoms with van der Waals surface area (Å²) in [4.78, 5) is 97.9. The van der Waals surface area contributed by atoms with Crippen LogP contribution in [0.1, 0.15) is 71.4 Å². The van der Waals surface area contributed by atoms with Gasteiger partial charge in [0.1, 0.15) is 17.7 Å². The average Bonchev–Trinajstić information content (AvgIpc) is 3.63. The number of nitrogens with one attached hydrogen (secondary N) is 5. The minimum Gasteiger partial charge on any atom is -0.423 e. The molecule has 0 saturated carbocycles. The van der Waals surface area contributed by atoms with Gasteiger partial charge in [0.05, 0.1) is 25.2 Å². The lowest BCUT2D eigenvalue weighted by Gasteiger charge is -2.39. The van der Waals surface area contributed by atoms with Crippen LogP contribution in [0.3, 0.4) is 0 Å². The highest BCUT2D eigenvalue weighted by Gasteiger charge is 2.44. The Hall–Kier alpha value is -5.02. The van der Waals surface area contributed by atoms with E-state index in [2.05, 4.69) is 26.6 Å². The van der Waals surface area contributed by atoms with Gasteiger partial charge in [-0.1, -0.05) is 44.2 Å². The maximum atomic E-state index is 14.6. The number of aryl methyl sites for hydroxylation is 1. The van der Waals surface area contributed by atoms with Crippen LogP contribution in [0.2, 0.25) is 0 Å². The van der Waals surface area contributed by atoms with Crippen molar-refractivity contribution in [3.05, 3.63) is 76.1 Å². The van der Waals surface area contributed by atoms with E-state index in [-0.39, 0.29) is 36.8 Å². The predicted molar refractivity (Wildman–Crippen MR) is 222 cm³/mol. The summed E-state index contributed by atoms with van der Waals surface area (Å²) in [6, 6.07) is 12.5. The molecule has 2 aromatic carbocycles. The van der Waals surface area contributed by atoms with Crippen LogP contribution in [0.25, 0.3) is 11.0 Å². The van der Waals surface area contributed by atoms with Crippen molar-refractivity contribution in [2.75, 3.05) is 25.4 Å². The minimum atomic E-state index is -1.05. The number of benzene rings is 2. The smallest absolute Gasteiger partial charge is 0.336 e. The van der Waals surface area contributed by atoms with Gasteiger partial charge in [0.2, 0.25) is 29.5 Å². The molecule has 14 nitrogen and oxygen atoms in total. The van der Waals surface area contributed by atoms with Gasteiger partial charge in [0, 0.05) is 40.0 Å². The van der Waals surface area contributed by atoms with Crippen LogP contribution in [-0.4, -0.2) is 95.3 Å². The summed E-state index contributed by atoms with van der Waals surface area (Å²) in [6.45, 7) is 10.8. The highest BCUT2D eigenvalue weighted by atomic mass is 32.2. The molecular formula is C43H56N6O8S. The van der Waals surface area contributed by atoms with E-state index in [1.54, 1.807) is 11.0 Å². The van der Waals surface area contributed by atoms with E-state index >= 15 is 0 Å². The molecule has 5 amide bonds. The molecule has 2 fully saturated rings. The summed E-state index contributed by atoms with van der Waals surface area (Å²) in [5, 5.41) is 15.1. The number of rotatable bonds is 8. The molecule has 0 bridgehead atoms. The summed E-state index contributed by atoms with van der Waals surface area (Å²) in [5.41, 5.74) is 0.830. The zero-order valence-corrected chi connectivity index (χ0v) is 35.0. The highest BCUT2D eigenvalue weighted by molar-refractivity contribution is 7.99. The van der Waals surface area contributed by atoms with E-state index in [0.717, 1.165) is 16.5 Å². The summed E-state index contributed by atoms with van der Waals surface area (Å²) >= 11 is 1.34. The summed E-state index contributed by atoms with van der Waals surface area (Å²) in [6.07, 6.45) is 1.26. The molecule has 5 rings (SSSR count). The third-order valence-corrected chi connectivity index (χ3v) is 11.3. The van der Waals surface area contributed by atoms with Gasteiger partial charge in [-0.05, 0) is 95.2 Å². The number of hydrogen-bond acceptors (Lipinski definition) is 10. The van der Waals surface area contributed by atoms with Crippen LogP contribution >= 0.6 is 11.8 Å². The van der Waals surface area contributed by atoms with Gasteiger partial charge in [0.15, 0.2) is 5.78 Å². The second kappa shape index (κ2) is 19.6. The van der Waals surface area contributed by atoms with Crippen LogP contribution in [0.4, 0.5) is 0 Å². The van der Waals surface area contributed by atoms with Crippen LogP contribution in [0, 0.1) is 18.8 Å². The Morgan fingerprint density at radius 3 is 2.36 bits per heavy atom. The second-order valence-electron chi connectivity index (χ2n) is 16.7. The molecule has 5 atom stereocenters. The van der Waals surface area contributed by atoms with Gasteiger partial charge in [0.25, 0.3) is 0 Å². The fourth-order valence-electron chi connectivity index (χ4n) is 7.55. The predicted octanol–water partition coefficient (Wildman–Crippen LogP) is 3.02. The maximum Gasteiger partial charge on any atom is 0.336 e. The maximum absolute atomic E-state index is 14.6. The van der Waals surface area contributed by atoms with Crippen LogP contribution in [0.15, 0.2) is 68.7 Å². The topological polar surface area (TPSA) is 196 Å². The summed E-state index contributed by atoms with van der Waals surface area (Å²) in [7, 11) is 0. The largest absolute Gasteiger partial charge is 0.423 e. The van der Waals surface area contributed by atoms with Crippen molar-refractivity contribution < 1.29 is 33.2 Å². The number of carbonyl (C=O) groups excluding carboxylic acids is 6. The third-order valence-electron chi connectivity index (χ3n) is 10.2. The molecule has 0 aliphatic carbocycles. The highest BCUT2D eigenvalue weighted by Crippen LogP contribution is 2.29. The quantitative estimate of drug-likeness (QED) is 0.167. The number of fused-ring (bicyclic) bond motifs is 2. The van der Waals surface area contributed by atoms with Gasteiger partial charge < -0.3 is 31.0 Å². The second-order valence-corrected chi connectivity index (χ2v) is 17.8. The van der Waals surface area contributed by atoms with Crippen molar-refractivity contribution in [1.29, 1.82) is 0 Å².